The quantitative estimate of drug-likeness (QED) is 0.704. The summed E-state index contributed by atoms with van der Waals surface area (Å²) in [7, 11) is 1.33. The average molecular weight is 268 g/mol. The molecule has 0 radical (unpaired) electrons. The number of hydrogen-bond donors (Lipinski definition) is 1. The number of carbonyl (C=O) groups is 2. The number of rotatable bonds is 8. The summed E-state index contributed by atoms with van der Waals surface area (Å²) < 4.78 is 14.7. The predicted octanol–water partition coefficient (Wildman–Crippen LogP) is 0.846. The van der Waals surface area contributed by atoms with Gasteiger partial charge in [0.15, 0.2) is 6.10 Å². The molecule has 1 aromatic carbocycles. The van der Waals surface area contributed by atoms with Crippen molar-refractivity contribution in [3.63, 3.8) is 0 Å². The van der Waals surface area contributed by atoms with E-state index in [4.69, 9.17) is 19.3 Å². The van der Waals surface area contributed by atoms with Crippen molar-refractivity contribution in [3.05, 3.63) is 35.9 Å². The van der Waals surface area contributed by atoms with Gasteiger partial charge in [-0.05, 0) is 5.56 Å². The van der Waals surface area contributed by atoms with Crippen molar-refractivity contribution in [1.29, 1.82) is 0 Å². The minimum Gasteiger partial charge on any atom is -0.480 e. The van der Waals surface area contributed by atoms with Gasteiger partial charge < -0.3 is 19.3 Å². The zero-order valence-corrected chi connectivity index (χ0v) is 10.6. The van der Waals surface area contributed by atoms with Crippen LogP contribution in [-0.2, 0) is 30.4 Å². The molecule has 0 fully saturated rings. The van der Waals surface area contributed by atoms with Crippen LogP contribution in [0.4, 0.5) is 0 Å². The van der Waals surface area contributed by atoms with Gasteiger partial charge in [-0.25, -0.2) is 9.59 Å². The van der Waals surface area contributed by atoms with Crippen LogP contribution in [0.2, 0.25) is 0 Å². The maximum absolute atomic E-state index is 11.6. The molecule has 0 aliphatic heterocycles. The summed E-state index contributed by atoms with van der Waals surface area (Å²) in [5.74, 6) is -1.69. The molecule has 0 aliphatic rings. The second kappa shape index (κ2) is 8.23. The summed E-state index contributed by atoms with van der Waals surface area (Å²) in [6.45, 7) is -0.499. The van der Waals surface area contributed by atoms with Gasteiger partial charge in [0, 0.05) is 7.11 Å². The Morgan fingerprint density at radius 2 is 1.95 bits per heavy atom. The second-order valence-corrected chi connectivity index (χ2v) is 3.73. The number of methoxy groups -OCH3 is 1. The lowest BCUT2D eigenvalue weighted by atomic mass is 10.2. The van der Waals surface area contributed by atoms with Gasteiger partial charge in [-0.15, -0.1) is 0 Å². The van der Waals surface area contributed by atoms with Crippen molar-refractivity contribution in [2.45, 2.75) is 12.7 Å². The third kappa shape index (κ3) is 5.98. The molecule has 1 atom stereocenters. The molecule has 1 rings (SSSR count). The highest BCUT2D eigenvalue weighted by atomic mass is 16.6. The molecule has 0 bridgehead atoms. The molecular formula is C13H16O6. The van der Waals surface area contributed by atoms with Crippen LogP contribution in [-0.4, -0.2) is 43.5 Å². The first-order valence-electron chi connectivity index (χ1n) is 5.66. The maximum Gasteiger partial charge on any atom is 0.338 e. The molecule has 0 saturated carbocycles. The number of ether oxygens (including phenoxy) is 3. The highest BCUT2D eigenvalue weighted by Crippen LogP contribution is 2.03. The molecule has 1 unspecified atom stereocenters. The van der Waals surface area contributed by atoms with E-state index in [1.165, 1.54) is 7.11 Å². The van der Waals surface area contributed by atoms with Gasteiger partial charge in [0.1, 0.15) is 13.2 Å². The minimum absolute atomic E-state index is 0.137. The molecular weight excluding hydrogens is 252 g/mol. The van der Waals surface area contributed by atoms with Gasteiger partial charge in [0.25, 0.3) is 0 Å². The van der Waals surface area contributed by atoms with Crippen LogP contribution in [0.5, 0.6) is 0 Å². The lowest BCUT2D eigenvalue weighted by molar-refractivity contribution is -0.162. The molecule has 6 nitrogen and oxygen atoms in total. The van der Waals surface area contributed by atoms with Crippen molar-refractivity contribution >= 4 is 11.9 Å². The Labute approximate surface area is 110 Å². The SMILES string of the molecule is COC(COCC(=O)O)C(=O)OCc1ccccc1. The standard InChI is InChI=1S/C13H16O6/c1-17-11(8-18-9-12(14)15)13(16)19-7-10-5-3-2-4-6-10/h2-6,11H,7-9H2,1H3,(H,14,15). The summed E-state index contributed by atoms with van der Waals surface area (Å²) in [6.07, 6.45) is -0.928. The number of carbonyl (C=O) groups excluding carboxylic acids is 1. The summed E-state index contributed by atoms with van der Waals surface area (Å²) in [6, 6.07) is 9.20. The Bertz CT molecular complexity index is 403. The van der Waals surface area contributed by atoms with E-state index in [9.17, 15) is 9.59 Å². The molecule has 0 aromatic heterocycles. The molecule has 19 heavy (non-hydrogen) atoms. The van der Waals surface area contributed by atoms with E-state index in [-0.39, 0.29) is 13.2 Å². The van der Waals surface area contributed by atoms with Gasteiger partial charge in [-0.3, -0.25) is 0 Å². The number of aliphatic carboxylic acids is 1. The third-order valence-electron chi connectivity index (χ3n) is 2.27. The molecule has 6 heteroatoms. The normalized spacial score (nSPS) is 11.8. The molecule has 0 spiro atoms. The Balaban J connectivity index is 2.35. The van der Waals surface area contributed by atoms with Gasteiger partial charge >= 0.3 is 11.9 Å². The Hall–Kier alpha value is -1.92. The number of hydrogen-bond acceptors (Lipinski definition) is 5. The maximum atomic E-state index is 11.6. The first-order valence-corrected chi connectivity index (χ1v) is 5.66. The van der Waals surface area contributed by atoms with Crippen molar-refractivity contribution in [3.8, 4) is 0 Å². The highest BCUT2D eigenvalue weighted by Gasteiger charge is 2.20. The van der Waals surface area contributed by atoms with Crippen LogP contribution in [0.25, 0.3) is 0 Å². The molecule has 104 valence electrons. The monoisotopic (exact) mass is 268 g/mol. The second-order valence-electron chi connectivity index (χ2n) is 3.73. The van der Waals surface area contributed by atoms with E-state index >= 15 is 0 Å². The number of benzene rings is 1. The zero-order valence-electron chi connectivity index (χ0n) is 10.6. The fourth-order valence-corrected chi connectivity index (χ4v) is 1.31. The Morgan fingerprint density at radius 3 is 2.53 bits per heavy atom. The number of carboxylic acids is 1. The lowest BCUT2D eigenvalue weighted by Gasteiger charge is -2.14. The van der Waals surface area contributed by atoms with Gasteiger partial charge in [-0.1, -0.05) is 30.3 Å². The molecule has 0 amide bonds. The number of esters is 1. The molecule has 1 N–H and O–H groups in total. The molecule has 0 aliphatic carbocycles. The summed E-state index contributed by atoms with van der Waals surface area (Å²) in [4.78, 5) is 21.9. The fraction of sp³-hybridized carbons (Fsp3) is 0.385. The largest absolute Gasteiger partial charge is 0.480 e. The van der Waals surface area contributed by atoms with Crippen LogP contribution in [0.1, 0.15) is 5.56 Å². The van der Waals surface area contributed by atoms with E-state index in [1.807, 2.05) is 30.3 Å². The van der Waals surface area contributed by atoms with Crippen molar-refractivity contribution < 1.29 is 28.9 Å². The first kappa shape index (κ1) is 15.1. The average Bonchev–Trinajstić information content (AvgIpc) is 2.42. The van der Waals surface area contributed by atoms with E-state index < -0.39 is 24.6 Å². The van der Waals surface area contributed by atoms with Crippen molar-refractivity contribution in [2.75, 3.05) is 20.3 Å². The van der Waals surface area contributed by atoms with Crippen LogP contribution in [0.3, 0.4) is 0 Å². The van der Waals surface area contributed by atoms with Crippen LogP contribution < -0.4 is 0 Å². The highest BCUT2D eigenvalue weighted by molar-refractivity contribution is 5.75. The third-order valence-corrected chi connectivity index (χ3v) is 2.27. The Morgan fingerprint density at radius 1 is 1.26 bits per heavy atom. The van der Waals surface area contributed by atoms with Gasteiger partial charge in [0.05, 0.1) is 6.61 Å². The van der Waals surface area contributed by atoms with E-state index in [2.05, 4.69) is 0 Å². The van der Waals surface area contributed by atoms with E-state index in [1.54, 1.807) is 0 Å². The molecule has 0 heterocycles. The Kier molecular flexibility index (Phi) is 6.56. The van der Waals surface area contributed by atoms with Crippen molar-refractivity contribution in [1.82, 2.24) is 0 Å². The molecule has 0 saturated heterocycles. The summed E-state index contributed by atoms with van der Waals surface area (Å²) in [5, 5.41) is 8.41. The lowest BCUT2D eigenvalue weighted by Crippen LogP contribution is -2.31. The predicted molar refractivity (Wildman–Crippen MR) is 65.5 cm³/mol. The van der Waals surface area contributed by atoms with Gasteiger partial charge in [0.2, 0.25) is 0 Å². The van der Waals surface area contributed by atoms with E-state index in [0.717, 1.165) is 5.56 Å². The minimum atomic E-state index is -1.10. The fourth-order valence-electron chi connectivity index (χ4n) is 1.31. The summed E-state index contributed by atoms with van der Waals surface area (Å²) in [5.41, 5.74) is 0.858. The van der Waals surface area contributed by atoms with Crippen molar-refractivity contribution in [2.24, 2.45) is 0 Å². The van der Waals surface area contributed by atoms with Gasteiger partial charge in [-0.2, -0.15) is 0 Å². The zero-order chi connectivity index (χ0) is 14.1. The topological polar surface area (TPSA) is 82.1 Å². The smallest absolute Gasteiger partial charge is 0.338 e. The van der Waals surface area contributed by atoms with Crippen LogP contribution in [0.15, 0.2) is 30.3 Å². The van der Waals surface area contributed by atoms with E-state index in [0.29, 0.717) is 0 Å². The van der Waals surface area contributed by atoms with Crippen LogP contribution >= 0.6 is 0 Å². The number of carboxylic acid groups (broad SMARTS) is 1. The first-order chi connectivity index (χ1) is 9.13. The summed E-state index contributed by atoms with van der Waals surface area (Å²) >= 11 is 0. The van der Waals surface area contributed by atoms with Crippen LogP contribution in [0, 0.1) is 0 Å². The molecule has 1 aromatic rings.